The Hall–Kier alpha value is -3.23. The third-order valence-electron chi connectivity index (χ3n) is 5.01. The Morgan fingerprint density at radius 2 is 1.76 bits per heavy atom. The topological polar surface area (TPSA) is 68.1 Å². The van der Waals surface area contributed by atoms with Crippen LogP contribution in [0.4, 0.5) is 5.69 Å². The largest absolute Gasteiger partial charge is 0.454 e. The molecule has 0 saturated carbocycles. The van der Waals surface area contributed by atoms with E-state index in [2.05, 4.69) is 42.4 Å². The fraction of sp³-hybridized carbons (Fsp3) is 0.0800. The lowest BCUT2D eigenvalue weighted by Crippen LogP contribution is -2.20. The lowest BCUT2D eigenvalue weighted by atomic mass is 10.2. The maximum absolute atomic E-state index is 5.44. The Balaban J connectivity index is 1.52. The number of aryl methyl sites for hydroxylation is 1. The summed E-state index contributed by atoms with van der Waals surface area (Å²) in [5.41, 5.74) is 7.37. The molecule has 1 N–H and O–H groups in total. The van der Waals surface area contributed by atoms with Gasteiger partial charge in [0, 0.05) is 14.3 Å². The van der Waals surface area contributed by atoms with Crippen molar-refractivity contribution >= 4 is 60.5 Å². The van der Waals surface area contributed by atoms with Crippen molar-refractivity contribution in [3.63, 3.8) is 0 Å². The monoisotopic (exact) mass is 564 g/mol. The van der Waals surface area contributed by atoms with E-state index in [9.17, 15) is 0 Å². The number of para-hydroxylation sites is 1. The summed E-state index contributed by atoms with van der Waals surface area (Å²) in [5, 5.41) is 5.48. The number of fused-ring (bicyclic) bond motifs is 2. The number of benzene rings is 3. The van der Waals surface area contributed by atoms with Gasteiger partial charge in [0.2, 0.25) is 6.79 Å². The molecule has 33 heavy (non-hydrogen) atoms. The van der Waals surface area contributed by atoms with Gasteiger partial charge in [-0.15, -0.1) is 0 Å². The van der Waals surface area contributed by atoms with E-state index in [1.54, 1.807) is 6.21 Å². The van der Waals surface area contributed by atoms with Crippen LogP contribution in [0.1, 0.15) is 16.8 Å². The fourth-order valence-electron chi connectivity index (χ4n) is 3.41. The van der Waals surface area contributed by atoms with E-state index in [0.717, 1.165) is 42.4 Å². The second-order valence-electron chi connectivity index (χ2n) is 7.41. The van der Waals surface area contributed by atoms with E-state index in [4.69, 9.17) is 19.5 Å². The van der Waals surface area contributed by atoms with Gasteiger partial charge in [-0.1, -0.05) is 24.3 Å². The smallest absolute Gasteiger partial charge is 0.231 e. The van der Waals surface area contributed by atoms with Gasteiger partial charge in [-0.25, -0.2) is 9.98 Å². The van der Waals surface area contributed by atoms with E-state index in [-0.39, 0.29) is 6.79 Å². The highest BCUT2D eigenvalue weighted by atomic mass is 79.9. The van der Waals surface area contributed by atoms with E-state index >= 15 is 0 Å². The highest BCUT2D eigenvalue weighted by Gasteiger charge is 2.13. The molecule has 4 aromatic rings. The lowest BCUT2D eigenvalue weighted by molar-refractivity contribution is 0.174. The van der Waals surface area contributed by atoms with Crippen LogP contribution in [-0.4, -0.2) is 23.8 Å². The van der Waals surface area contributed by atoms with Crippen LogP contribution in [0.3, 0.4) is 0 Å². The molecule has 0 spiro atoms. The SMILES string of the molecule is Cc1cc(Br)c(N=C(NN=Cc2ccc3c(c2)OCO3)c2ccc3ccccc3n2)c(Br)c1. The number of hydrogen-bond donors (Lipinski definition) is 1. The summed E-state index contributed by atoms with van der Waals surface area (Å²) in [4.78, 5) is 9.64. The zero-order chi connectivity index (χ0) is 22.8. The number of aliphatic imine (C=N–C) groups is 1. The number of pyridine rings is 1. The summed E-state index contributed by atoms with van der Waals surface area (Å²) < 4.78 is 12.6. The maximum atomic E-state index is 5.44. The van der Waals surface area contributed by atoms with Crippen LogP contribution < -0.4 is 14.9 Å². The fourth-order valence-corrected chi connectivity index (χ4v) is 5.00. The van der Waals surface area contributed by atoms with Gasteiger partial charge in [0.15, 0.2) is 17.3 Å². The Kier molecular flexibility index (Phi) is 6.11. The summed E-state index contributed by atoms with van der Waals surface area (Å²) in [6.45, 7) is 2.27. The van der Waals surface area contributed by atoms with Crippen molar-refractivity contribution in [2.75, 3.05) is 6.79 Å². The Morgan fingerprint density at radius 3 is 2.61 bits per heavy atom. The number of hydrogen-bond acceptors (Lipinski definition) is 5. The van der Waals surface area contributed by atoms with Gasteiger partial charge in [0.05, 0.1) is 17.4 Å². The molecule has 0 radical (unpaired) electrons. The van der Waals surface area contributed by atoms with Crippen molar-refractivity contribution in [1.82, 2.24) is 10.4 Å². The van der Waals surface area contributed by atoms with Crippen LogP contribution in [0.25, 0.3) is 10.9 Å². The quantitative estimate of drug-likeness (QED) is 0.174. The highest BCUT2D eigenvalue weighted by Crippen LogP contribution is 2.35. The molecule has 1 aromatic heterocycles. The molecule has 5 rings (SSSR count). The molecule has 1 aliphatic rings. The van der Waals surface area contributed by atoms with Crippen LogP contribution in [0, 0.1) is 6.92 Å². The standard InChI is InChI=1S/C25H18Br2N4O2/c1-15-10-18(26)24(19(27)11-15)30-25(21-8-7-17-4-2-3-5-20(17)29-21)31-28-13-16-6-9-22-23(12-16)33-14-32-22/h2-13H,14H2,1H3,(H,30,31). The van der Waals surface area contributed by atoms with Crippen LogP contribution in [0.15, 0.2) is 85.8 Å². The van der Waals surface area contributed by atoms with Crippen LogP contribution in [0.5, 0.6) is 11.5 Å². The predicted octanol–water partition coefficient (Wildman–Crippen LogP) is 6.50. The van der Waals surface area contributed by atoms with Crippen LogP contribution in [0.2, 0.25) is 0 Å². The van der Waals surface area contributed by atoms with Gasteiger partial charge in [-0.2, -0.15) is 5.10 Å². The van der Waals surface area contributed by atoms with Crippen molar-refractivity contribution in [3.05, 3.63) is 92.5 Å². The summed E-state index contributed by atoms with van der Waals surface area (Å²) in [7, 11) is 0. The molecule has 164 valence electrons. The van der Waals surface area contributed by atoms with E-state index < -0.39 is 0 Å². The normalized spacial score (nSPS) is 13.1. The van der Waals surface area contributed by atoms with Gasteiger partial charge in [-0.3, -0.25) is 5.43 Å². The number of halogens is 2. The van der Waals surface area contributed by atoms with E-state index in [1.807, 2.05) is 73.7 Å². The van der Waals surface area contributed by atoms with Gasteiger partial charge >= 0.3 is 0 Å². The molecule has 0 atom stereocenters. The molecule has 0 fully saturated rings. The van der Waals surface area contributed by atoms with Crippen molar-refractivity contribution in [1.29, 1.82) is 0 Å². The number of nitrogens with one attached hydrogen (secondary N) is 1. The van der Waals surface area contributed by atoms with Crippen LogP contribution in [-0.2, 0) is 0 Å². The minimum atomic E-state index is 0.235. The van der Waals surface area contributed by atoms with Crippen molar-refractivity contribution in [2.24, 2.45) is 10.1 Å². The van der Waals surface area contributed by atoms with Gasteiger partial charge in [0.25, 0.3) is 0 Å². The minimum absolute atomic E-state index is 0.235. The van der Waals surface area contributed by atoms with Gasteiger partial charge < -0.3 is 9.47 Å². The van der Waals surface area contributed by atoms with Gasteiger partial charge in [0.1, 0.15) is 5.69 Å². The zero-order valence-corrected chi connectivity index (χ0v) is 20.7. The number of rotatable bonds is 4. The molecular weight excluding hydrogens is 548 g/mol. The Labute approximate surface area is 207 Å². The first-order chi connectivity index (χ1) is 16.1. The zero-order valence-electron chi connectivity index (χ0n) is 17.5. The highest BCUT2D eigenvalue weighted by molar-refractivity contribution is 9.11. The second kappa shape index (κ2) is 9.33. The first-order valence-electron chi connectivity index (χ1n) is 10.2. The maximum Gasteiger partial charge on any atom is 0.231 e. The predicted molar refractivity (Wildman–Crippen MR) is 138 cm³/mol. The number of hydrazone groups is 1. The molecule has 2 heterocycles. The molecule has 0 bridgehead atoms. The minimum Gasteiger partial charge on any atom is -0.454 e. The average Bonchev–Trinajstić information content (AvgIpc) is 3.28. The molecule has 0 unspecified atom stereocenters. The Morgan fingerprint density at radius 1 is 0.970 bits per heavy atom. The number of amidine groups is 1. The summed E-state index contributed by atoms with van der Waals surface area (Å²) in [6, 6.07) is 21.6. The average molecular weight is 566 g/mol. The summed E-state index contributed by atoms with van der Waals surface area (Å²) in [5.74, 6) is 1.95. The molecule has 8 heteroatoms. The van der Waals surface area contributed by atoms with Crippen molar-refractivity contribution < 1.29 is 9.47 Å². The summed E-state index contributed by atoms with van der Waals surface area (Å²) in [6.07, 6.45) is 1.71. The summed E-state index contributed by atoms with van der Waals surface area (Å²) >= 11 is 7.25. The molecule has 6 nitrogen and oxygen atoms in total. The van der Waals surface area contributed by atoms with Crippen molar-refractivity contribution in [3.8, 4) is 11.5 Å². The first kappa shape index (κ1) is 21.6. The number of nitrogens with zero attached hydrogens (tertiary/aromatic N) is 3. The van der Waals surface area contributed by atoms with Gasteiger partial charge in [-0.05, 0) is 92.4 Å². The molecule has 0 aliphatic carbocycles. The second-order valence-corrected chi connectivity index (χ2v) is 9.12. The molecule has 0 amide bonds. The number of aromatic nitrogens is 1. The Bertz CT molecular complexity index is 1400. The molecule has 3 aromatic carbocycles. The third kappa shape index (κ3) is 4.77. The molecular formula is C25H18Br2N4O2. The van der Waals surface area contributed by atoms with E-state index in [0.29, 0.717) is 17.3 Å². The lowest BCUT2D eigenvalue weighted by Gasteiger charge is -2.10. The third-order valence-corrected chi connectivity index (χ3v) is 6.22. The van der Waals surface area contributed by atoms with Crippen molar-refractivity contribution in [2.45, 2.75) is 6.92 Å². The number of ether oxygens (including phenoxy) is 2. The molecule has 1 aliphatic heterocycles. The first-order valence-corrected chi connectivity index (χ1v) is 11.7. The van der Waals surface area contributed by atoms with Crippen LogP contribution >= 0.6 is 31.9 Å². The molecule has 0 saturated heterocycles. The van der Waals surface area contributed by atoms with E-state index in [1.165, 1.54) is 0 Å².